The van der Waals surface area contributed by atoms with Gasteiger partial charge in [-0.2, -0.15) is 0 Å². The highest BCUT2D eigenvalue weighted by Crippen LogP contribution is 2.17. The largest absolute Gasteiger partial charge is 0.349 e. The first-order valence-electron chi connectivity index (χ1n) is 7.94. The molecule has 0 spiro atoms. The maximum Gasteiger partial charge on any atom is 0.286 e. The van der Waals surface area contributed by atoms with Crippen LogP contribution in [0.4, 0.5) is 10.1 Å². The summed E-state index contributed by atoms with van der Waals surface area (Å²) in [6.45, 7) is 0.194. The smallest absolute Gasteiger partial charge is 0.286 e. The highest BCUT2D eigenvalue weighted by molar-refractivity contribution is 8.00. The molecule has 0 saturated heterocycles. The van der Waals surface area contributed by atoms with Crippen LogP contribution in [0.5, 0.6) is 0 Å². The molecule has 138 valence electrons. The summed E-state index contributed by atoms with van der Waals surface area (Å²) in [6, 6.07) is 15.2. The molecule has 9 heteroatoms. The van der Waals surface area contributed by atoms with E-state index in [1.807, 2.05) is 30.3 Å². The van der Waals surface area contributed by atoms with E-state index in [4.69, 9.17) is 0 Å². The second kappa shape index (κ2) is 9.24. The van der Waals surface area contributed by atoms with E-state index < -0.39 is 11.7 Å². The highest BCUT2D eigenvalue weighted by atomic mass is 32.2. The Hall–Kier alpha value is -2.78. The minimum absolute atomic E-state index is 0.134. The number of benzene rings is 2. The van der Waals surface area contributed by atoms with Crippen molar-refractivity contribution in [3.8, 4) is 0 Å². The zero-order valence-electron chi connectivity index (χ0n) is 14.0. The van der Waals surface area contributed by atoms with E-state index in [0.717, 1.165) is 16.2 Å². The molecule has 2 amide bonds. The molecule has 0 saturated carbocycles. The van der Waals surface area contributed by atoms with Crippen molar-refractivity contribution >= 4 is 40.6 Å². The van der Waals surface area contributed by atoms with Gasteiger partial charge in [-0.3, -0.25) is 9.59 Å². The molecule has 27 heavy (non-hydrogen) atoms. The van der Waals surface area contributed by atoms with Crippen molar-refractivity contribution in [3.63, 3.8) is 0 Å². The number of rotatable bonds is 7. The van der Waals surface area contributed by atoms with Gasteiger partial charge < -0.3 is 10.6 Å². The van der Waals surface area contributed by atoms with Gasteiger partial charge in [-0.15, -0.1) is 22.0 Å². The number of carbonyl (C=O) groups is 2. The third-order valence-electron chi connectivity index (χ3n) is 3.29. The van der Waals surface area contributed by atoms with E-state index in [1.165, 1.54) is 30.0 Å². The molecule has 0 fully saturated rings. The number of halogens is 1. The van der Waals surface area contributed by atoms with E-state index >= 15 is 0 Å². The minimum atomic E-state index is -0.477. The third kappa shape index (κ3) is 5.87. The van der Waals surface area contributed by atoms with Crippen molar-refractivity contribution in [1.29, 1.82) is 0 Å². The quantitative estimate of drug-likeness (QED) is 0.592. The van der Waals surface area contributed by atoms with Crippen molar-refractivity contribution in [2.45, 2.75) is 11.4 Å². The van der Waals surface area contributed by atoms with E-state index in [0.29, 0.717) is 10.7 Å². The Bertz CT molecular complexity index is 934. The Morgan fingerprint density at radius 1 is 1.07 bits per heavy atom. The van der Waals surface area contributed by atoms with Gasteiger partial charge in [-0.05, 0) is 30.3 Å². The molecule has 0 atom stereocenters. The number of nitrogens with one attached hydrogen (secondary N) is 2. The molecule has 3 aromatic rings. The Balaban J connectivity index is 1.47. The summed E-state index contributed by atoms with van der Waals surface area (Å²) in [6.07, 6.45) is 0. The number of thioether (sulfide) groups is 1. The first-order chi connectivity index (χ1) is 13.1. The molecule has 6 nitrogen and oxygen atoms in total. The van der Waals surface area contributed by atoms with Crippen LogP contribution in [-0.2, 0) is 11.3 Å². The first kappa shape index (κ1) is 19.0. The predicted molar refractivity (Wildman–Crippen MR) is 103 cm³/mol. The molecule has 1 heterocycles. The summed E-state index contributed by atoms with van der Waals surface area (Å²) in [5.74, 6) is -0.766. The van der Waals surface area contributed by atoms with Crippen molar-refractivity contribution in [2.75, 3.05) is 11.1 Å². The summed E-state index contributed by atoms with van der Waals surface area (Å²) < 4.78 is 13.2. The summed E-state index contributed by atoms with van der Waals surface area (Å²) >= 11 is 2.51. The summed E-state index contributed by atoms with van der Waals surface area (Å²) in [5.41, 5.74) is 0.336. The molecule has 0 bridgehead atoms. The zero-order valence-corrected chi connectivity index (χ0v) is 15.6. The van der Waals surface area contributed by atoms with E-state index in [2.05, 4.69) is 20.8 Å². The minimum Gasteiger partial charge on any atom is -0.349 e. The number of amides is 2. The van der Waals surface area contributed by atoms with Gasteiger partial charge >= 0.3 is 0 Å². The van der Waals surface area contributed by atoms with Crippen LogP contribution < -0.4 is 10.6 Å². The van der Waals surface area contributed by atoms with Crippen LogP contribution in [0.25, 0.3) is 0 Å². The molecule has 1 aromatic heterocycles. The van der Waals surface area contributed by atoms with Crippen LogP contribution in [0.3, 0.4) is 0 Å². The molecule has 3 rings (SSSR count). The monoisotopic (exact) mass is 402 g/mol. The molecular weight excluding hydrogens is 387 g/mol. The fraction of sp³-hybridized carbons (Fsp3) is 0.111. The molecule has 2 aromatic carbocycles. The zero-order chi connectivity index (χ0) is 19.1. The summed E-state index contributed by atoms with van der Waals surface area (Å²) in [7, 11) is 0. The summed E-state index contributed by atoms with van der Waals surface area (Å²) in [5, 5.41) is 13.7. The Kier molecular flexibility index (Phi) is 6.50. The molecule has 0 aliphatic carbocycles. The molecule has 0 aliphatic rings. The number of anilines is 1. The summed E-state index contributed by atoms with van der Waals surface area (Å²) in [4.78, 5) is 25.0. The number of aromatic nitrogens is 2. The SMILES string of the molecule is O=C(CSc1ccccc1)NCc1nnc(C(=O)Nc2cccc(F)c2)s1. The first-order valence-corrected chi connectivity index (χ1v) is 9.74. The number of hydrogen-bond donors (Lipinski definition) is 2. The van der Waals surface area contributed by atoms with Gasteiger partial charge in [-0.1, -0.05) is 35.6 Å². The van der Waals surface area contributed by atoms with Gasteiger partial charge in [0, 0.05) is 10.6 Å². The van der Waals surface area contributed by atoms with Gasteiger partial charge in [-0.25, -0.2) is 4.39 Å². The van der Waals surface area contributed by atoms with Crippen LogP contribution in [0.15, 0.2) is 59.5 Å². The van der Waals surface area contributed by atoms with Gasteiger partial charge in [0.2, 0.25) is 10.9 Å². The maximum atomic E-state index is 13.2. The fourth-order valence-corrected chi connectivity index (χ4v) is 3.48. The fourth-order valence-electron chi connectivity index (χ4n) is 2.06. The number of nitrogens with zero attached hydrogens (tertiary/aromatic N) is 2. The highest BCUT2D eigenvalue weighted by Gasteiger charge is 2.14. The Labute approximate surface area is 163 Å². The van der Waals surface area contributed by atoms with Crippen LogP contribution in [-0.4, -0.2) is 27.8 Å². The van der Waals surface area contributed by atoms with Crippen molar-refractivity contribution in [1.82, 2.24) is 15.5 Å². The lowest BCUT2D eigenvalue weighted by Gasteiger charge is -2.03. The lowest BCUT2D eigenvalue weighted by Crippen LogP contribution is -2.24. The molecule has 0 radical (unpaired) electrons. The van der Waals surface area contributed by atoms with Crippen molar-refractivity contribution in [2.24, 2.45) is 0 Å². The molecular formula is C18H15FN4O2S2. The topological polar surface area (TPSA) is 84.0 Å². The van der Waals surface area contributed by atoms with Crippen LogP contribution in [0, 0.1) is 5.82 Å². The number of carbonyl (C=O) groups excluding carboxylic acids is 2. The van der Waals surface area contributed by atoms with Crippen molar-refractivity contribution < 1.29 is 14.0 Å². The van der Waals surface area contributed by atoms with Gasteiger partial charge in [0.1, 0.15) is 10.8 Å². The standard InChI is InChI=1S/C18H15FN4O2S2/c19-12-5-4-6-13(9-12)21-17(25)18-23-22-16(27-18)10-20-15(24)11-26-14-7-2-1-3-8-14/h1-9H,10-11H2,(H,20,24)(H,21,25). The second-order valence-corrected chi connectivity index (χ2v) is 7.45. The lowest BCUT2D eigenvalue weighted by atomic mass is 10.3. The van der Waals surface area contributed by atoms with Gasteiger partial charge in [0.25, 0.3) is 5.91 Å². The Morgan fingerprint density at radius 2 is 1.89 bits per heavy atom. The average molecular weight is 402 g/mol. The second-order valence-electron chi connectivity index (χ2n) is 5.34. The lowest BCUT2D eigenvalue weighted by molar-refractivity contribution is -0.118. The molecule has 0 aliphatic heterocycles. The van der Waals surface area contributed by atoms with E-state index in [-0.39, 0.29) is 23.2 Å². The maximum absolute atomic E-state index is 13.2. The molecule has 2 N–H and O–H groups in total. The van der Waals surface area contributed by atoms with Gasteiger partial charge in [0.15, 0.2) is 0 Å². The molecule has 0 unspecified atom stereocenters. The van der Waals surface area contributed by atoms with E-state index in [1.54, 1.807) is 6.07 Å². The van der Waals surface area contributed by atoms with Gasteiger partial charge in [0.05, 0.1) is 12.3 Å². The number of hydrogen-bond acceptors (Lipinski definition) is 6. The van der Waals surface area contributed by atoms with E-state index in [9.17, 15) is 14.0 Å². The van der Waals surface area contributed by atoms with Crippen LogP contribution in [0.2, 0.25) is 0 Å². The van der Waals surface area contributed by atoms with Crippen LogP contribution in [0.1, 0.15) is 14.8 Å². The average Bonchev–Trinajstić information content (AvgIpc) is 3.15. The predicted octanol–water partition coefficient (Wildman–Crippen LogP) is 3.34. The normalized spacial score (nSPS) is 10.4. The van der Waals surface area contributed by atoms with Crippen molar-refractivity contribution in [3.05, 3.63) is 70.4 Å². The third-order valence-corrected chi connectivity index (χ3v) is 5.23. The van der Waals surface area contributed by atoms with Crippen LogP contribution >= 0.6 is 23.1 Å². The Morgan fingerprint density at radius 3 is 2.67 bits per heavy atom.